The zero-order chi connectivity index (χ0) is 16.4. The first-order valence-corrected chi connectivity index (χ1v) is 8.52. The summed E-state index contributed by atoms with van der Waals surface area (Å²) in [7, 11) is 4.05. The molecular weight excluding hydrogens is 273 g/mol. The van der Waals surface area contributed by atoms with Crippen LogP contribution in [0.4, 0.5) is 0 Å². The van der Waals surface area contributed by atoms with E-state index in [-0.39, 0.29) is 0 Å². The van der Waals surface area contributed by atoms with Gasteiger partial charge >= 0.3 is 7.48 Å². The van der Waals surface area contributed by atoms with Crippen molar-refractivity contribution in [3.05, 3.63) is 23.8 Å². The summed E-state index contributed by atoms with van der Waals surface area (Å²) < 4.78 is 5.87. The summed E-state index contributed by atoms with van der Waals surface area (Å²) in [5, 5.41) is 10.1. The molecule has 1 N–H and O–H groups in total. The first-order chi connectivity index (χ1) is 10.2. The van der Waals surface area contributed by atoms with Crippen LogP contribution in [0.15, 0.2) is 23.8 Å². The molecule has 0 aromatic heterocycles. The topological polar surface area (TPSA) is 32.7 Å². The summed E-state index contributed by atoms with van der Waals surface area (Å²) >= 11 is 0. The number of hydrogen-bond acceptors (Lipinski definition) is 3. The van der Waals surface area contributed by atoms with Crippen LogP contribution in [0.25, 0.3) is 0 Å². The van der Waals surface area contributed by atoms with Crippen LogP contribution in [0.5, 0.6) is 0 Å². The fraction of sp³-hybridized carbons (Fsp3) is 0.778. The molecule has 0 saturated heterocycles. The van der Waals surface area contributed by atoms with Crippen LogP contribution in [-0.4, -0.2) is 41.8 Å². The lowest BCUT2D eigenvalue weighted by Gasteiger charge is -2.39. The predicted molar refractivity (Wildman–Crippen MR) is 92.6 cm³/mol. The highest BCUT2D eigenvalue weighted by atomic mass is 16.5. The molecule has 1 heterocycles. The third kappa shape index (κ3) is 4.17. The third-order valence-electron chi connectivity index (χ3n) is 5.50. The Morgan fingerprint density at radius 3 is 2.55 bits per heavy atom. The Kier molecular flexibility index (Phi) is 5.44. The lowest BCUT2D eigenvalue weighted by molar-refractivity contribution is -0.0897. The molecule has 0 aromatic rings. The average Bonchev–Trinajstić information content (AvgIpc) is 2.45. The van der Waals surface area contributed by atoms with Gasteiger partial charge in [-0.2, -0.15) is 0 Å². The first kappa shape index (κ1) is 17.6. The van der Waals surface area contributed by atoms with Crippen LogP contribution in [0.2, 0.25) is 0 Å². The van der Waals surface area contributed by atoms with Gasteiger partial charge in [0.15, 0.2) is 0 Å². The van der Waals surface area contributed by atoms with Crippen molar-refractivity contribution in [2.45, 2.75) is 77.0 Å². The molecule has 3 nitrogen and oxygen atoms in total. The van der Waals surface area contributed by atoms with Gasteiger partial charge in [-0.3, -0.25) is 0 Å². The molecule has 4 heteroatoms. The van der Waals surface area contributed by atoms with Crippen molar-refractivity contribution in [3.8, 4) is 0 Å². The van der Waals surface area contributed by atoms with Crippen LogP contribution >= 0.6 is 0 Å². The van der Waals surface area contributed by atoms with Gasteiger partial charge < -0.3 is 14.7 Å². The van der Waals surface area contributed by atoms with Gasteiger partial charge in [0.2, 0.25) is 0 Å². The molecule has 2 rings (SSSR count). The molecule has 0 bridgehead atoms. The van der Waals surface area contributed by atoms with E-state index in [0.29, 0.717) is 6.04 Å². The minimum atomic E-state index is -0.863. The van der Waals surface area contributed by atoms with Crippen molar-refractivity contribution >= 4 is 7.48 Å². The molecule has 123 valence electrons. The van der Waals surface area contributed by atoms with E-state index in [1.807, 2.05) is 21.3 Å². The Balaban J connectivity index is 1.86. The van der Waals surface area contributed by atoms with Crippen molar-refractivity contribution in [2.24, 2.45) is 5.92 Å². The van der Waals surface area contributed by atoms with Gasteiger partial charge in [-0.25, -0.2) is 0 Å². The van der Waals surface area contributed by atoms with Crippen molar-refractivity contribution < 1.29 is 9.76 Å². The molecule has 1 radical (unpaired) electrons. The minimum absolute atomic E-state index is 0.584. The second-order valence-corrected chi connectivity index (χ2v) is 7.81. The standard InChI is InChI=1S/C18H31BNO2/c1-17(2,21)18(3,4)22-19-15-11-9-14(10-12-15)16-8-6-7-13-20(16)5/h7,11,13-14,16,21H,6,8-10,12H2,1-5H3. The average molecular weight is 304 g/mol. The van der Waals surface area contributed by atoms with E-state index in [1.54, 1.807) is 13.8 Å². The quantitative estimate of drug-likeness (QED) is 0.790. The largest absolute Gasteiger partial charge is 0.427 e. The fourth-order valence-corrected chi connectivity index (χ4v) is 3.09. The summed E-state index contributed by atoms with van der Waals surface area (Å²) in [6, 6.07) is 0.677. The molecular formula is C18H31BNO2. The fourth-order valence-electron chi connectivity index (χ4n) is 3.09. The maximum Gasteiger partial charge on any atom is 0.326 e. The molecule has 2 aliphatic rings. The van der Waals surface area contributed by atoms with E-state index in [1.165, 1.54) is 24.7 Å². The third-order valence-corrected chi connectivity index (χ3v) is 5.50. The summed E-state index contributed by atoms with van der Waals surface area (Å²) in [5.74, 6) is 0.745. The van der Waals surface area contributed by atoms with E-state index in [0.717, 1.165) is 18.8 Å². The van der Waals surface area contributed by atoms with E-state index in [2.05, 4.69) is 30.3 Å². The molecule has 2 unspecified atom stereocenters. The monoisotopic (exact) mass is 304 g/mol. The molecule has 0 fully saturated rings. The number of aliphatic hydroxyl groups is 1. The smallest absolute Gasteiger partial charge is 0.326 e. The molecule has 0 spiro atoms. The summed E-state index contributed by atoms with van der Waals surface area (Å²) in [6.07, 6.45) is 12.7. The SMILES string of the molecule is CN1C=CCCC1C1CC=C([B]OC(C)(C)C(C)(C)O)CC1. The summed E-state index contributed by atoms with van der Waals surface area (Å²) in [4.78, 5) is 2.38. The van der Waals surface area contributed by atoms with Gasteiger partial charge in [0.25, 0.3) is 0 Å². The molecule has 22 heavy (non-hydrogen) atoms. The van der Waals surface area contributed by atoms with E-state index < -0.39 is 11.2 Å². The van der Waals surface area contributed by atoms with Crippen molar-refractivity contribution in [3.63, 3.8) is 0 Å². The number of allylic oxidation sites excluding steroid dienone is 3. The first-order valence-electron chi connectivity index (χ1n) is 8.52. The molecule has 2 atom stereocenters. The van der Waals surface area contributed by atoms with Gasteiger partial charge in [-0.1, -0.05) is 17.6 Å². The van der Waals surface area contributed by atoms with Crippen LogP contribution < -0.4 is 0 Å². The zero-order valence-electron chi connectivity index (χ0n) is 14.8. The van der Waals surface area contributed by atoms with Crippen LogP contribution in [0.3, 0.4) is 0 Å². The number of nitrogens with zero attached hydrogens (tertiary/aromatic N) is 1. The maximum atomic E-state index is 10.1. The van der Waals surface area contributed by atoms with E-state index >= 15 is 0 Å². The highest BCUT2D eigenvalue weighted by molar-refractivity contribution is 6.38. The Morgan fingerprint density at radius 2 is 2.00 bits per heavy atom. The molecule has 0 saturated carbocycles. The Morgan fingerprint density at radius 1 is 1.27 bits per heavy atom. The number of hydrogen-bond donors (Lipinski definition) is 1. The highest BCUT2D eigenvalue weighted by Gasteiger charge is 2.36. The molecule has 0 aromatic carbocycles. The van der Waals surface area contributed by atoms with Gasteiger partial charge in [0, 0.05) is 13.1 Å². The van der Waals surface area contributed by atoms with Gasteiger partial charge in [-0.05, 0) is 71.9 Å². The lowest BCUT2D eigenvalue weighted by Crippen LogP contribution is -2.48. The summed E-state index contributed by atoms with van der Waals surface area (Å²) in [5.41, 5.74) is -0.181. The maximum absolute atomic E-state index is 10.1. The van der Waals surface area contributed by atoms with Crippen molar-refractivity contribution in [1.29, 1.82) is 0 Å². The predicted octanol–water partition coefficient (Wildman–Crippen LogP) is 3.46. The van der Waals surface area contributed by atoms with Gasteiger partial charge in [0.1, 0.15) is 0 Å². The Bertz CT molecular complexity index is 437. The van der Waals surface area contributed by atoms with Crippen LogP contribution in [0, 0.1) is 5.92 Å². The second-order valence-electron chi connectivity index (χ2n) is 7.81. The molecule has 0 amide bonds. The van der Waals surface area contributed by atoms with Crippen LogP contribution in [0.1, 0.15) is 59.8 Å². The van der Waals surface area contributed by atoms with E-state index in [4.69, 9.17) is 4.65 Å². The molecule has 1 aliphatic carbocycles. The Hall–Kier alpha value is -0.735. The molecule has 1 aliphatic heterocycles. The minimum Gasteiger partial charge on any atom is -0.427 e. The van der Waals surface area contributed by atoms with Crippen molar-refractivity contribution in [2.75, 3.05) is 7.05 Å². The Labute approximate surface area is 136 Å². The summed E-state index contributed by atoms with van der Waals surface area (Å²) in [6.45, 7) is 7.44. The van der Waals surface area contributed by atoms with Crippen LogP contribution in [-0.2, 0) is 4.65 Å². The van der Waals surface area contributed by atoms with Crippen molar-refractivity contribution in [1.82, 2.24) is 4.90 Å². The normalized spacial score (nSPS) is 26.8. The van der Waals surface area contributed by atoms with Gasteiger partial charge in [-0.15, -0.1) is 0 Å². The lowest BCUT2D eigenvalue weighted by atomic mass is 9.72. The highest BCUT2D eigenvalue weighted by Crippen LogP contribution is 2.33. The zero-order valence-corrected chi connectivity index (χ0v) is 14.8. The van der Waals surface area contributed by atoms with Gasteiger partial charge in [0.05, 0.1) is 11.2 Å². The second kappa shape index (κ2) is 6.80. The number of rotatable bonds is 5. The van der Waals surface area contributed by atoms with E-state index in [9.17, 15) is 5.11 Å².